The van der Waals surface area contributed by atoms with E-state index in [1.165, 1.54) is 12.8 Å². The standard InChI is InChI=1S/C28H31N3O4/c32-27(29-16-9-19-30-17-6-7-18-30)24(20-31(34)28(33)23-11-2-1-3-12-23)21-35-26-15-8-13-22-10-4-5-14-25(22)26/h1-5,8,10-15,20,34H,6-7,9,16-19,21H2,(H,29,32)/b24-20+. The van der Waals surface area contributed by atoms with E-state index in [0.29, 0.717) is 22.9 Å². The van der Waals surface area contributed by atoms with Gasteiger partial charge in [0.05, 0.1) is 5.57 Å². The van der Waals surface area contributed by atoms with Crippen LogP contribution in [0.1, 0.15) is 29.6 Å². The van der Waals surface area contributed by atoms with Crippen molar-refractivity contribution in [3.63, 3.8) is 0 Å². The number of nitrogens with zero attached hydrogens (tertiary/aromatic N) is 2. The van der Waals surface area contributed by atoms with E-state index >= 15 is 0 Å². The summed E-state index contributed by atoms with van der Waals surface area (Å²) in [5.74, 6) is -0.392. The van der Waals surface area contributed by atoms with E-state index < -0.39 is 5.91 Å². The van der Waals surface area contributed by atoms with Crippen LogP contribution in [0.15, 0.2) is 84.6 Å². The monoisotopic (exact) mass is 473 g/mol. The zero-order valence-corrected chi connectivity index (χ0v) is 19.7. The van der Waals surface area contributed by atoms with Gasteiger partial charge in [-0.25, -0.2) is 0 Å². The molecule has 1 aliphatic heterocycles. The van der Waals surface area contributed by atoms with Gasteiger partial charge in [-0.1, -0.05) is 54.6 Å². The Kier molecular flexibility index (Phi) is 8.48. The molecule has 4 rings (SSSR count). The first kappa shape index (κ1) is 24.4. The lowest BCUT2D eigenvalue weighted by atomic mass is 10.1. The molecule has 1 heterocycles. The van der Waals surface area contributed by atoms with Crippen LogP contribution in [0.3, 0.4) is 0 Å². The molecule has 1 saturated heterocycles. The minimum absolute atomic E-state index is 0.106. The van der Waals surface area contributed by atoms with E-state index in [4.69, 9.17) is 4.74 Å². The fourth-order valence-corrected chi connectivity index (χ4v) is 4.18. The van der Waals surface area contributed by atoms with E-state index in [1.54, 1.807) is 30.3 Å². The normalized spacial score (nSPS) is 14.1. The number of hydrogen-bond acceptors (Lipinski definition) is 5. The summed E-state index contributed by atoms with van der Waals surface area (Å²) < 4.78 is 5.99. The van der Waals surface area contributed by atoms with Gasteiger partial charge in [-0.15, -0.1) is 0 Å². The number of amides is 2. The van der Waals surface area contributed by atoms with E-state index in [1.807, 2.05) is 42.5 Å². The van der Waals surface area contributed by atoms with Gasteiger partial charge in [0.1, 0.15) is 12.4 Å². The molecule has 0 atom stereocenters. The maximum atomic E-state index is 13.0. The molecule has 0 saturated carbocycles. The Labute approximate surface area is 205 Å². The summed E-state index contributed by atoms with van der Waals surface area (Å²) in [5, 5.41) is 15.7. The fraction of sp³-hybridized carbons (Fsp3) is 0.286. The van der Waals surface area contributed by atoms with E-state index in [2.05, 4.69) is 10.2 Å². The predicted molar refractivity (Wildman–Crippen MR) is 135 cm³/mol. The summed E-state index contributed by atoms with van der Waals surface area (Å²) in [4.78, 5) is 28.0. The number of benzene rings is 3. The second-order valence-corrected chi connectivity index (χ2v) is 8.59. The van der Waals surface area contributed by atoms with Crippen molar-refractivity contribution in [1.29, 1.82) is 0 Å². The Morgan fingerprint density at radius 2 is 1.69 bits per heavy atom. The number of nitrogens with one attached hydrogen (secondary N) is 1. The number of fused-ring (bicyclic) bond motifs is 1. The lowest BCUT2D eigenvalue weighted by Gasteiger charge is -2.17. The molecule has 182 valence electrons. The van der Waals surface area contributed by atoms with Gasteiger partial charge in [0.15, 0.2) is 0 Å². The van der Waals surface area contributed by atoms with E-state index in [9.17, 15) is 14.8 Å². The van der Waals surface area contributed by atoms with Gasteiger partial charge in [-0.3, -0.25) is 14.8 Å². The van der Waals surface area contributed by atoms with Crippen molar-refractivity contribution < 1.29 is 19.5 Å². The first-order valence-electron chi connectivity index (χ1n) is 12.0. The average Bonchev–Trinajstić information content (AvgIpc) is 3.42. The van der Waals surface area contributed by atoms with Crippen molar-refractivity contribution in [1.82, 2.24) is 15.3 Å². The van der Waals surface area contributed by atoms with Crippen LogP contribution in [0, 0.1) is 0 Å². The first-order valence-corrected chi connectivity index (χ1v) is 12.0. The number of rotatable bonds is 10. The number of hydrogen-bond donors (Lipinski definition) is 2. The van der Waals surface area contributed by atoms with Gasteiger partial charge >= 0.3 is 0 Å². The van der Waals surface area contributed by atoms with Gasteiger partial charge in [0.25, 0.3) is 11.8 Å². The molecular weight excluding hydrogens is 442 g/mol. The zero-order chi connectivity index (χ0) is 24.5. The molecule has 1 fully saturated rings. The van der Waals surface area contributed by atoms with Crippen LogP contribution in [-0.2, 0) is 4.79 Å². The topological polar surface area (TPSA) is 82.1 Å². The third kappa shape index (κ3) is 6.68. The summed E-state index contributed by atoms with van der Waals surface area (Å²) in [6.45, 7) is 3.55. The van der Waals surface area contributed by atoms with Crippen LogP contribution in [0.2, 0.25) is 0 Å². The molecule has 35 heavy (non-hydrogen) atoms. The Morgan fingerprint density at radius 3 is 2.49 bits per heavy atom. The van der Waals surface area contributed by atoms with Crippen LogP contribution < -0.4 is 10.1 Å². The lowest BCUT2D eigenvalue weighted by molar-refractivity contribution is -0.118. The molecule has 7 nitrogen and oxygen atoms in total. The Morgan fingerprint density at radius 1 is 0.971 bits per heavy atom. The van der Waals surface area contributed by atoms with Crippen molar-refractivity contribution in [3.8, 4) is 5.75 Å². The minimum atomic E-state index is -0.630. The van der Waals surface area contributed by atoms with Crippen molar-refractivity contribution in [2.24, 2.45) is 0 Å². The zero-order valence-electron chi connectivity index (χ0n) is 19.7. The molecule has 3 aromatic rings. The van der Waals surface area contributed by atoms with Gasteiger partial charge in [0, 0.05) is 23.7 Å². The van der Waals surface area contributed by atoms with Crippen LogP contribution in [0.25, 0.3) is 10.8 Å². The molecule has 0 spiro atoms. The molecule has 0 radical (unpaired) electrons. The number of ether oxygens (including phenoxy) is 1. The van der Waals surface area contributed by atoms with Gasteiger partial charge in [-0.05, 0) is 62.5 Å². The third-order valence-corrected chi connectivity index (χ3v) is 6.07. The second kappa shape index (κ2) is 12.1. The number of carbonyl (C=O) groups excluding carboxylic acids is 2. The highest BCUT2D eigenvalue weighted by molar-refractivity contribution is 5.97. The number of carbonyl (C=O) groups is 2. The summed E-state index contributed by atoms with van der Waals surface area (Å²) in [7, 11) is 0. The van der Waals surface area contributed by atoms with E-state index in [-0.39, 0.29) is 18.1 Å². The van der Waals surface area contributed by atoms with Gasteiger partial charge in [0.2, 0.25) is 0 Å². The molecule has 0 aromatic heterocycles. The maximum Gasteiger partial charge on any atom is 0.281 e. The molecule has 0 unspecified atom stereocenters. The predicted octanol–water partition coefficient (Wildman–Crippen LogP) is 4.24. The average molecular weight is 474 g/mol. The summed E-state index contributed by atoms with van der Waals surface area (Å²) >= 11 is 0. The smallest absolute Gasteiger partial charge is 0.281 e. The van der Waals surface area contributed by atoms with E-state index in [0.717, 1.165) is 43.0 Å². The molecule has 0 bridgehead atoms. The molecular formula is C28H31N3O4. The lowest BCUT2D eigenvalue weighted by Crippen LogP contribution is -2.32. The van der Waals surface area contributed by atoms with Crippen LogP contribution in [0.4, 0.5) is 0 Å². The van der Waals surface area contributed by atoms with Crippen LogP contribution >= 0.6 is 0 Å². The van der Waals surface area contributed by atoms with Crippen molar-refractivity contribution in [2.45, 2.75) is 19.3 Å². The van der Waals surface area contributed by atoms with Gasteiger partial charge < -0.3 is 15.0 Å². The highest BCUT2D eigenvalue weighted by Crippen LogP contribution is 2.25. The Bertz CT molecular complexity index is 1170. The fourth-order valence-electron chi connectivity index (χ4n) is 4.18. The molecule has 2 amide bonds. The highest BCUT2D eigenvalue weighted by atomic mass is 16.5. The van der Waals surface area contributed by atoms with Crippen LogP contribution in [0.5, 0.6) is 5.75 Å². The Hall–Kier alpha value is -3.68. The Balaban J connectivity index is 1.46. The van der Waals surface area contributed by atoms with Crippen molar-refractivity contribution in [2.75, 3.05) is 32.8 Å². The molecule has 7 heteroatoms. The molecule has 1 aliphatic rings. The minimum Gasteiger partial charge on any atom is -0.488 e. The summed E-state index contributed by atoms with van der Waals surface area (Å²) in [6.07, 6.45) is 4.42. The number of hydroxylamine groups is 2. The summed E-state index contributed by atoms with van der Waals surface area (Å²) in [6, 6.07) is 21.9. The SMILES string of the molecule is O=C(NCCCN1CCCC1)/C(=C/N(O)C(=O)c1ccccc1)COc1cccc2ccccc12. The molecule has 3 aromatic carbocycles. The van der Waals surface area contributed by atoms with Crippen molar-refractivity contribution in [3.05, 3.63) is 90.1 Å². The first-order chi connectivity index (χ1) is 17.1. The van der Waals surface area contributed by atoms with Crippen molar-refractivity contribution >= 4 is 22.6 Å². The molecule has 2 N–H and O–H groups in total. The largest absolute Gasteiger partial charge is 0.488 e. The maximum absolute atomic E-state index is 13.0. The van der Waals surface area contributed by atoms with Crippen LogP contribution in [-0.4, -0.2) is 59.8 Å². The molecule has 0 aliphatic carbocycles. The second-order valence-electron chi connectivity index (χ2n) is 8.59. The third-order valence-electron chi connectivity index (χ3n) is 6.07. The van der Waals surface area contributed by atoms with Gasteiger partial charge in [-0.2, -0.15) is 5.06 Å². The number of likely N-dealkylation sites (tertiary alicyclic amines) is 1. The summed E-state index contributed by atoms with van der Waals surface area (Å²) in [5.41, 5.74) is 0.456. The highest BCUT2D eigenvalue weighted by Gasteiger charge is 2.18. The quantitative estimate of drug-likeness (QED) is 0.199.